The third-order valence-electron chi connectivity index (χ3n) is 2.91. The van der Waals surface area contributed by atoms with Crippen LogP contribution in [0.4, 0.5) is 0 Å². The Morgan fingerprint density at radius 1 is 1.53 bits per heavy atom. The second-order valence-electron chi connectivity index (χ2n) is 4.11. The van der Waals surface area contributed by atoms with Crippen LogP contribution in [0, 0.1) is 12.8 Å². The second-order valence-corrected chi connectivity index (χ2v) is 5.11. The highest BCUT2D eigenvalue weighted by molar-refractivity contribution is 7.10. The van der Waals surface area contributed by atoms with E-state index in [1.165, 1.54) is 10.4 Å². The molecular weight excluding hydrogens is 206 g/mol. The largest absolute Gasteiger partial charge is 0.392 e. The fourth-order valence-corrected chi connectivity index (χ4v) is 2.27. The van der Waals surface area contributed by atoms with Crippen molar-refractivity contribution in [1.29, 1.82) is 0 Å². The van der Waals surface area contributed by atoms with Crippen LogP contribution in [-0.2, 0) is 6.54 Å². The van der Waals surface area contributed by atoms with Crippen LogP contribution in [0.2, 0.25) is 0 Å². The maximum absolute atomic E-state index is 9.76. The Bertz CT molecular complexity index is 285. The molecule has 0 saturated carbocycles. The Hall–Kier alpha value is -0.380. The van der Waals surface area contributed by atoms with Crippen molar-refractivity contribution >= 4 is 11.3 Å². The molecule has 1 aromatic heterocycles. The van der Waals surface area contributed by atoms with Crippen molar-refractivity contribution in [2.75, 3.05) is 6.54 Å². The summed E-state index contributed by atoms with van der Waals surface area (Å²) in [6, 6.07) is 2.13. The first-order valence-electron chi connectivity index (χ1n) is 5.56. The van der Waals surface area contributed by atoms with E-state index in [0.29, 0.717) is 12.5 Å². The van der Waals surface area contributed by atoms with Crippen molar-refractivity contribution < 1.29 is 5.11 Å². The maximum atomic E-state index is 9.76. The van der Waals surface area contributed by atoms with E-state index in [1.807, 2.05) is 0 Å². The zero-order valence-corrected chi connectivity index (χ0v) is 10.6. The summed E-state index contributed by atoms with van der Waals surface area (Å²) in [5.74, 6) is 0.377. The molecule has 2 nitrogen and oxygen atoms in total. The molecule has 86 valence electrons. The highest BCUT2D eigenvalue weighted by Gasteiger charge is 2.11. The van der Waals surface area contributed by atoms with Crippen LogP contribution in [0.5, 0.6) is 0 Å². The monoisotopic (exact) mass is 227 g/mol. The topological polar surface area (TPSA) is 32.3 Å². The number of thiophene rings is 1. The first-order valence-corrected chi connectivity index (χ1v) is 6.44. The molecule has 0 spiro atoms. The zero-order valence-electron chi connectivity index (χ0n) is 9.79. The number of hydrogen-bond acceptors (Lipinski definition) is 3. The van der Waals surface area contributed by atoms with E-state index in [-0.39, 0.29) is 6.10 Å². The summed E-state index contributed by atoms with van der Waals surface area (Å²) in [5, 5.41) is 15.2. The summed E-state index contributed by atoms with van der Waals surface area (Å²) in [6.07, 6.45) is 0.802. The zero-order chi connectivity index (χ0) is 11.3. The molecule has 0 radical (unpaired) electrons. The van der Waals surface area contributed by atoms with E-state index in [9.17, 15) is 5.11 Å². The van der Waals surface area contributed by atoms with E-state index in [4.69, 9.17) is 0 Å². The van der Waals surface area contributed by atoms with E-state index >= 15 is 0 Å². The molecule has 0 aliphatic heterocycles. The lowest BCUT2D eigenvalue weighted by molar-refractivity contribution is 0.113. The molecule has 2 unspecified atom stereocenters. The highest BCUT2D eigenvalue weighted by Crippen LogP contribution is 2.15. The smallest absolute Gasteiger partial charge is 0.0690 e. The molecule has 1 aromatic rings. The van der Waals surface area contributed by atoms with Gasteiger partial charge >= 0.3 is 0 Å². The van der Waals surface area contributed by atoms with E-state index < -0.39 is 0 Å². The Labute approximate surface area is 96.3 Å². The lowest BCUT2D eigenvalue weighted by Gasteiger charge is -2.17. The summed E-state index contributed by atoms with van der Waals surface area (Å²) < 4.78 is 0. The van der Waals surface area contributed by atoms with Gasteiger partial charge in [0.05, 0.1) is 6.10 Å². The van der Waals surface area contributed by atoms with Crippen molar-refractivity contribution in [2.45, 2.75) is 39.8 Å². The van der Waals surface area contributed by atoms with Crippen molar-refractivity contribution in [3.63, 3.8) is 0 Å². The standard InChI is InChI=1S/C12H21NOS/c1-4-9(2)11(14)7-13-8-12-10(3)5-6-15-12/h5-6,9,11,13-14H,4,7-8H2,1-3H3. The average molecular weight is 227 g/mol. The predicted molar refractivity (Wildman–Crippen MR) is 66.2 cm³/mol. The Balaban J connectivity index is 2.25. The SMILES string of the molecule is CCC(C)C(O)CNCc1sccc1C. The molecule has 15 heavy (non-hydrogen) atoms. The summed E-state index contributed by atoms with van der Waals surface area (Å²) >= 11 is 1.77. The third-order valence-corrected chi connectivity index (χ3v) is 3.93. The summed E-state index contributed by atoms with van der Waals surface area (Å²) in [5.41, 5.74) is 1.34. The molecule has 2 atom stereocenters. The van der Waals surface area contributed by atoms with Crippen LogP contribution in [0.25, 0.3) is 0 Å². The van der Waals surface area contributed by atoms with E-state index in [0.717, 1.165) is 13.0 Å². The second kappa shape index (κ2) is 6.26. The van der Waals surface area contributed by atoms with Gasteiger partial charge in [0.2, 0.25) is 0 Å². The molecule has 0 saturated heterocycles. The van der Waals surface area contributed by atoms with Gasteiger partial charge in [-0.3, -0.25) is 0 Å². The maximum Gasteiger partial charge on any atom is 0.0690 e. The number of rotatable bonds is 6. The van der Waals surface area contributed by atoms with Gasteiger partial charge < -0.3 is 10.4 Å². The minimum atomic E-state index is -0.227. The molecule has 0 aliphatic carbocycles. The van der Waals surface area contributed by atoms with Crippen LogP contribution in [0.3, 0.4) is 0 Å². The number of hydrogen-bond donors (Lipinski definition) is 2. The van der Waals surface area contributed by atoms with Gasteiger partial charge in [0.1, 0.15) is 0 Å². The van der Waals surface area contributed by atoms with Gasteiger partial charge in [-0.2, -0.15) is 0 Å². The quantitative estimate of drug-likeness (QED) is 0.783. The molecule has 0 aromatic carbocycles. The van der Waals surface area contributed by atoms with Crippen LogP contribution >= 0.6 is 11.3 Å². The molecule has 1 heterocycles. The Morgan fingerprint density at radius 2 is 2.27 bits per heavy atom. The number of aliphatic hydroxyl groups excluding tert-OH is 1. The van der Waals surface area contributed by atoms with Crippen LogP contribution in [0.1, 0.15) is 30.7 Å². The number of nitrogens with one attached hydrogen (secondary N) is 1. The van der Waals surface area contributed by atoms with Gasteiger partial charge in [0.25, 0.3) is 0 Å². The average Bonchev–Trinajstić information content (AvgIpc) is 2.63. The molecule has 1 rings (SSSR count). The minimum absolute atomic E-state index is 0.227. The van der Waals surface area contributed by atoms with Crippen LogP contribution < -0.4 is 5.32 Å². The summed E-state index contributed by atoms with van der Waals surface area (Å²) in [7, 11) is 0. The Kier molecular flexibility index (Phi) is 5.29. The predicted octanol–water partition coefficient (Wildman–Crippen LogP) is 2.55. The van der Waals surface area contributed by atoms with Crippen molar-refractivity contribution in [1.82, 2.24) is 5.32 Å². The molecule has 0 fully saturated rings. The first-order chi connectivity index (χ1) is 7.15. The van der Waals surface area contributed by atoms with E-state index in [2.05, 4.69) is 37.5 Å². The van der Waals surface area contributed by atoms with Crippen molar-refractivity contribution in [2.24, 2.45) is 5.92 Å². The highest BCUT2D eigenvalue weighted by atomic mass is 32.1. The van der Waals surface area contributed by atoms with Crippen molar-refractivity contribution in [3.8, 4) is 0 Å². The summed E-state index contributed by atoms with van der Waals surface area (Å²) in [4.78, 5) is 1.37. The summed E-state index contributed by atoms with van der Waals surface area (Å²) in [6.45, 7) is 7.88. The molecule has 0 amide bonds. The van der Waals surface area contributed by atoms with Gasteiger partial charge in [-0.1, -0.05) is 20.3 Å². The molecule has 2 N–H and O–H groups in total. The normalized spacial score (nSPS) is 15.2. The first kappa shape index (κ1) is 12.7. The van der Waals surface area contributed by atoms with Gasteiger partial charge in [0, 0.05) is 18.0 Å². The molecule has 0 aliphatic rings. The molecule has 3 heteroatoms. The van der Waals surface area contributed by atoms with Gasteiger partial charge in [-0.25, -0.2) is 0 Å². The number of aryl methyl sites for hydroxylation is 1. The molecule has 0 bridgehead atoms. The van der Waals surface area contributed by atoms with Crippen molar-refractivity contribution in [3.05, 3.63) is 21.9 Å². The van der Waals surface area contributed by atoms with Gasteiger partial charge in [-0.05, 0) is 29.9 Å². The lowest BCUT2D eigenvalue weighted by atomic mass is 10.0. The fraction of sp³-hybridized carbons (Fsp3) is 0.667. The van der Waals surface area contributed by atoms with Gasteiger partial charge in [0.15, 0.2) is 0 Å². The van der Waals surface area contributed by atoms with E-state index in [1.54, 1.807) is 11.3 Å². The minimum Gasteiger partial charge on any atom is -0.392 e. The molecular formula is C12H21NOS. The fourth-order valence-electron chi connectivity index (χ4n) is 1.39. The van der Waals surface area contributed by atoms with Gasteiger partial charge in [-0.15, -0.1) is 11.3 Å². The van der Waals surface area contributed by atoms with Crippen LogP contribution in [0.15, 0.2) is 11.4 Å². The number of aliphatic hydroxyl groups is 1. The Morgan fingerprint density at radius 3 is 2.80 bits per heavy atom. The lowest BCUT2D eigenvalue weighted by Crippen LogP contribution is -2.31. The third kappa shape index (κ3) is 3.93. The van der Waals surface area contributed by atoms with Crippen LogP contribution in [-0.4, -0.2) is 17.8 Å².